The molecule has 0 nitrogen and oxygen atoms in total. The Morgan fingerprint density at radius 3 is 0.690 bits per heavy atom. The van der Waals surface area contributed by atoms with Crippen LogP contribution >= 0.6 is 0 Å². The third-order valence-corrected chi connectivity index (χ3v) is 17.5. The number of benzene rings is 17. The Labute approximate surface area is 598 Å². The second kappa shape index (κ2) is 37.7. The average Bonchev–Trinajstić information content (AvgIpc) is 0.732. The second-order valence-corrected chi connectivity index (χ2v) is 22.1. The van der Waals surface area contributed by atoms with Crippen LogP contribution in [0.1, 0.15) is 111 Å². The first kappa shape index (κ1) is 74.9. The third kappa shape index (κ3) is 15.2. The van der Waals surface area contributed by atoms with Gasteiger partial charge in [-0.25, -0.2) is 0 Å². The maximum Gasteiger partial charge on any atom is -0.00199 e. The van der Waals surface area contributed by atoms with Crippen molar-refractivity contribution >= 4 is 97.0 Å². The molecule has 0 bridgehead atoms. The molecule has 17 aromatic carbocycles. The van der Waals surface area contributed by atoms with Crippen LogP contribution in [-0.2, 0) is 0 Å². The van der Waals surface area contributed by atoms with Crippen molar-refractivity contribution in [3.8, 4) is 66.8 Å². The van der Waals surface area contributed by atoms with Gasteiger partial charge in [0.05, 0.1) is 0 Å². The Bertz CT molecular complexity index is 5320. The molecule has 0 aliphatic heterocycles. The Hall–Kier alpha value is -10.9. The van der Waals surface area contributed by atoms with Crippen molar-refractivity contribution in [2.75, 3.05) is 0 Å². The molecule has 17 aromatic rings. The van der Waals surface area contributed by atoms with E-state index in [4.69, 9.17) is 0 Å². The van der Waals surface area contributed by atoms with E-state index in [-0.39, 0.29) is 0 Å². The number of rotatable bonds is 6. The van der Waals surface area contributed by atoms with Gasteiger partial charge in [0, 0.05) is 0 Å². The van der Waals surface area contributed by atoms with Gasteiger partial charge < -0.3 is 0 Å². The van der Waals surface area contributed by atoms with Gasteiger partial charge in [-0.15, -0.1) is 0 Å². The summed E-state index contributed by atoms with van der Waals surface area (Å²) in [5, 5.41) is 23.0. The molecular weight excluding hydrogens is 1200 g/mol. The standard InChI is InChI=1S/C44H28.C40H26.8C2H6/c1-3-18-33-29(13-1)15-12-26-34(33)30-16-11-17-32(27-30)43-38-22-7-9-24-40(38)44(41-25-10-8-23-39(41)43)42-28-31-14-2-4-19-35(31)36-20-5-6-21-37(36)42;1-3-18-31-27(12-1)14-10-24-33(31)29-16-9-17-30(26-29)39-35-20-5-7-22-37(35)40(38-23-8-6-21-36(38)39)34-25-11-15-28-13-2-4-19-32(28)34;8*1-2/h1-28H;1-26H;8*1-2H3. The Morgan fingerprint density at radius 2 is 0.340 bits per heavy atom. The van der Waals surface area contributed by atoms with Crippen molar-refractivity contribution in [1.29, 1.82) is 0 Å². The van der Waals surface area contributed by atoms with Gasteiger partial charge in [0.1, 0.15) is 0 Å². The average molecular weight is 1300 g/mol. The van der Waals surface area contributed by atoms with E-state index in [9.17, 15) is 0 Å². The molecule has 0 radical (unpaired) electrons. The van der Waals surface area contributed by atoms with Crippen LogP contribution in [0.3, 0.4) is 0 Å². The maximum absolute atomic E-state index is 2.40. The molecule has 0 unspecified atom stereocenters. The molecule has 0 aliphatic carbocycles. The minimum atomic E-state index is 1.23. The largest absolute Gasteiger partial charge is 0.0683 e. The molecule has 0 saturated heterocycles. The lowest BCUT2D eigenvalue weighted by atomic mass is 9.83. The minimum absolute atomic E-state index is 1.23. The van der Waals surface area contributed by atoms with Crippen molar-refractivity contribution in [3.05, 3.63) is 328 Å². The molecule has 0 spiro atoms. The van der Waals surface area contributed by atoms with Gasteiger partial charge in [0.25, 0.3) is 0 Å². The van der Waals surface area contributed by atoms with E-state index in [1.807, 2.05) is 111 Å². The summed E-state index contributed by atoms with van der Waals surface area (Å²) in [6.45, 7) is 32.0. The first-order valence-electron chi connectivity index (χ1n) is 37.1. The zero-order chi connectivity index (χ0) is 71.5. The fourth-order valence-corrected chi connectivity index (χ4v) is 13.8. The molecule has 502 valence electrons. The van der Waals surface area contributed by atoms with E-state index in [2.05, 4.69) is 328 Å². The maximum atomic E-state index is 2.40. The topological polar surface area (TPSA) is 0 Å². The number of hydrogen-bond acceptors (Lipinski definition) is 0. The predicted molar refractivity (Wildman–Crippen MR) is 454 cm³/mol. The van der Waals surface area contributed by atoms with Gasteiger partial charge in [-0.3, -0.25) is 0 Å². The van der Waals surface area contributed by atoms with E-state index in [0.29, 0.717) is 0 Å². The Kier molecular flexibility index (Phi) is 28.2. The van der Waals surface area contributed by atoms with Crippen molar-refractivity contribution in [2.24, 2.45) is 0 Å². The SMILES string of the molecule is CC.CC.CC.CC.CC.CC.CC.CC.c1cc(-c2cccc3ccccc23)cc(-c2c3ccccc3c(-c3cc4ccccc4c4ccccc34)c3ccccc23)c1.c1cc(-c2cccc3ccccc23)cc(-c2c3ccccc3c(-c3cccc4ccccc34)c3ccccc23)c1. The minimum Gasteiger partial charge on any atom is -0.0683 e. The van der Waals surface area contributed by atoms with E-state index in [0.717, 1.165) is 0 Å². The van der Waals surface area contributed by atoms with Gasteiger partial charge in [-0.1, -0.05) is 420 Å². The lowest BCUT2D eigenvalue weighted by molar-refractivity contribution is 1.50. The van der Waals surface area contributed by atoms with Crippen molar-refractivity contribution in [1.82, 2.24) is 0 Å². The van der Waals surface area contributed by atoms with Crippen molar-refractivity contribution in [2.45, 2.75) is 111 Å². The van der Waals surface area contributed by atoms with Gasteiger partial charge in [0.15, 0.2) is 0 Å². The summed E-state index contributed by atoms with van der Waals surface area (Å²) in [5.74, 6) is 0. The molecule has 0 aliphatic rings. The van der Waals surface area contributed by atoms with Crippen molar-refractivity contribution < 1.29 is 0 Å². The van der Waals surface area contributed by atoms with Gasteiger partial charge in [0.2, 0.25) is 0 Å². The van der Waals surface area contributed by atoms with Gasteiger partial charge in [-0.05, 0) is 182 Å². The highest BCUT2D eigenvalue weighted by molar-refractivity contribution is 6.27. The van der Waals surface area contributed by atoms with Gasteiger partial charge in [-0.2, -0.15) is 0 Å². The highest BCUT2D eigenvalue weighted by atomic mass is 14.2. The van der Waals surface area contributed by atoms with Crippen molar-refractivity contribution in [3.63, 3.8) is 0 Å². The first-order chi connectivity index (χ1) is 49.7. The van der Waals surface area contributed by atoms with E-state index in [1.165, 1.54) is 164 Å². The monoisotopic (exact) mass is 1300 g/mol. The van der Waals surface area contributed by atoms with Crippen LogP contribution in [-0.4, -0.2) is 0 Å². The van der Waals surface area contributed by atoms with E-state index >= 15 is 0 Å². The lowest BCUT2D eigenvalue weighted by Gasteiger charge is -2.20. The molecular formula is C100H102. The molecule has 0 heteroatoms. The first-order valence-corrected chi connectivity index (χ1v) is 37.1. The molecule has 17 rings (SSSR count). The second-order valence-electron chi connectivity index (χ2n) is 22.1. The van der Waals surface area contributed by atoms with Crippen LogP contribution in [0.2, 0.25) is 0 Å². The molecule has 0 fully saturated rings. The summed E-state index contributed by atoms with van der Waals surface area (Å²) in [7, 11) is 0. The quantitative estimate of drug-likeness (QED) is 0.115. The highest BCUT2D eigenvalue weighted by Crippen LogP contribution is 2.49. The van der Waals surface area contributed by atoms with E-state index < -0.39 is 0 Å². The molecule has 100 heavy (non-hydrogen) atoms. The van der Waals surface area contributed by atoms with Crippen LogP contribution in [0.25, 0.3) is 164 Å². The highest BCUT2D eigenvalue weighted by Gasteiger charge is 2.21. The summed E-state index contributed by atoms with van der Waals surface area (Å²) in [6.07, 6.45) is 0. The fourth-order valence-electron chi connectivity index (χ4n) is 13.8. The zero-order valence-corrected chi connectivity index (χ0v) is 62.2. The molecule has 0 saturated carbocycles. The molecule has 0 N–H and O–H groups in total. The summed E-state index contributed by atoms with van der Waals surface area (Å²) >= 11 is 0. The normalized spacial score (nSPS) is 10.2. The number of hydrogen-bond donors (Lipinski definition) is 0. The number of fused-ring (bicyclic) bond motifs is 10. The van der Waals surface area contributed by atoms with Crippen LogP contribution in [0.15, 0.2) is 328 Å². The zero-order valence-electron chi connectivity index (χ0n) is 62.2. The Balaban J connectivity index is 0.000000213. The smallest absolute Gasteiger partial charge is 0.00199 e. The molecule has 0 amide bonds. The molecule has 0 aromatic heterocycles. The summed E-state index contributed by atoms with van der Waals surface area (Å²) in [4.78, 5) is 0. The van der Waals surface area contributed by atoms with Crippen LogP contribution in [0, 0.1) is 0 Å². The predicted octanol–water partition coefficient (Wildman–Crippen LogP) is 32.0. The van der Waals surface area contributed by atoms with Crippen LogP contribution < -0.4 is 0 Å². The summed E-state index contributed by atoms with van der Waals surface area (Å²) in [5.41, 5.74) is 15.2. The molecule has 0 atom stereocenters. The third-order valence-electron chi connectivity index (χ3n) is 17.5. The molecule has 0 heterocycles. The fraction of sp³-hybridized carbons (Fsp3) is 0.160. The van der Waals surface area contributed by atoms with Crippen LogP contribution in [0.5, 0.6) is 0 Å². The summed E-state index contributed by atoms with van der Waals surface area (Å²) in [6, 6.07) is 120. The van der Waals surface area contributed by atoms with Gasteiger partial charge >= 0.3 is 0 Å². The Morgan fingerprint density at radius 1 is 0.120 bits per heavy atom. The summed E-state index contributed by atoms with van der Waals surface area (Å²) < 4.78 is 0. The lowest BCUT2D eigenvalue weighted by Crippen LogP contribution is -1.92. The van der Waals surface area contributed by atoms with E-state index in [1.54, 1.807) is 0 Å². The van der Waals surface area contributed by atoms with Crippen LogP contribution in [0.4, 0.5) is 0 Å².